The molecule has 0 fully saturated rings. The minimum atomic E-state index is -4.12. The predicted octanol–water partition coefficient (Wildman–Crippen LogP) is 3.01. The van der Waals surface area contributed by atoms with E-state index in [0.717, 1.165) is 0 Å². The molecule has 0 unspecified atom stereocenters. The Balaban J connectivity index is 5.09. The minimum Gasteiger partial charge on any atom is -0.443 e. The molecule has 9 heteroatoms. The quantitative estimate of drug-likeness (QED) is 0.606. The molecule has 0 bridgehead atoms. The molecule has 0 aliphatic rings. The van der Waals surface area contributed by atoms with E-state index in [9.17, 15) is 13.2 Å². The van der Waals surface area contributed by atoms with Crippen molar-refractivity contribution in [2.24, 2.45) is 0 Å². The molecule has 1 N–H and O–H groups in total. The van der Waals surface area contributed by atoms with Gasteiger partial charge >= 0.3 is 16.3 Å². The molecule has 0 saturated heterocycles. The van der Waals surface area contributed by atoms with Crippen LogP contribution in [0.25, 0.3) is 0 Å². The van der Waals surface area contributed by atoms with Gasteiger partial charge in [0.25, 0.3) is 0 Å². The molecule has 0 aromatic heterocycles. The molecule has 0 spiro atoms. The third-order valence-electron chi connectivity index (χ3n) is 3.38. The van der Waals surface area contributed by atoms with E-state index in [2.05, 4.69) is 4.89 Å². The van der Waals surface area contributed by atoms with E-state index in [0.29, 0.717) is 4.31 Å². The third-order valence-corrected chi connectivity index (χ3v) is 9.04. The molecule has 0 atom stereocenters. The monoisotopic (exact) mass is 354 g/mol. The van der Waals surface area contributed by atoms with E-state index in [1.54, 1.807) is 27.7 Å². The Kier molecular flexibility index (Phi) is 6.65. The Labute approximate surface area is 135 Å². The normalized spacial score (nSPS) is 13.9. The molecule has 0 aliphatic carbocycles. The summed E-state index contributed by atoms with van der Waals surface area (Å²) in [6.45, 7) is 16.3. The third kappa shape index (κ3) is 6.23. The van der Waals surface area contributed by atoms with Crippen molar-refractivity contribution in [3.05, 3.63) is 0 Å². The number of nitrogens with zero attached hydrogens (tertiary/aromatic N) is 1. The minimum absolute atomic E-state index is 0.0505. The number of carbonyl (C=O) groups excluding carboxylic acids is 1. The molecule has 0 rings (SSSR count). The largest absolute Gasteiger partial charge is 0.443 e. The first kappa shape index (κ1) is 21.4. The first-order valence-electron chi connectivity index (χ1n) is 7.24. The van der Waals surface area contributed by atoms with Crippen LogP contribution in [0.2, 0.25) is 18.1 Å². The summed E-state index contributed by atoms with van der Waals surface area (Å²) >= 11 is 0. The second kappa shape index (κ2) is 6.86. The van der Waals surface area contributed by atoms with Gasteiger partial charge in [-0.3, -0.25) is 0 Å². The van der Waals surface area contributed by atoms with Crippen molar-refractivity contribution in [3.63, 3.8) is 0 Å². The van der Waals surface area contributed by atoms with E-state index < -0.39 is 30.2 Å². The van der Waals surface area contributed by atoms with Gasteiger partial charge in [0.05, 0.1) is 0 Å². The summed E-state index contributed by atoms with van der Waals surface area (Å²) in [5.41, 5.74) is -0.777. The van der Waals surface area contributed by atoms with E-state index in [4.69, 9.17) is 9.26 Å². The maximum absolute atomic E-state index is 12.3. The maximum atomic E-state index is 12.3. The van der Waals surface area contributed by atoms with Gasteiger partial charge in [-0.1, -0.05) is 25.7 Å². The van der Waals surface area contributed by atoms with Crippen molar-refractivity contribution >= 4 is 24.6 Å². The fourth-order valence-electron chi connectivity index (χ4n) is 1.06. The number of carbonyl (C=O) groups is 1. The fourth-order valence-corrected chi connectivity index (χ4v) is 3.29. The SMILES string of the molecule is CCN(C(=O)OC(C)(C)C)S(=O)(=O)NO[Si](C)(C)C(C)(C)C. The Morgan fingerprint density at radius 1 is 1.14 bits per heavy atom. The van der Waals surface area contributed by atoms with Crippen LogP contribution in [0.1, 0.15) is 48.5 Å². The number of ether oxygens (including phenoxy) is 1. The van der Waals surface area contributed by atoms with E-state index in [-0.39, 0.29) is 11.6 Å². The van der Waals surface area contributed by atoms with E-state index in [1.807, 2.05) is 33.9 Å². The fraction of sp³-hybridized carbons (Fsp3) is 0.923. The molecule has 0 aromatic rings. The van der Waals surface area contributed by atoms with Crippen LogP contribution in [0.15, 0.2) is 0 Å². The van der Waals surface area contributed by atoms with Crippen molar-refractivity contribution in [2.45, 2.75) is 72.2 Å². The number of hydrogen-bond donors (Lipinski definition) is 1. The van der Waals surface area contributed by atoms with Gasteiger partial charge in [-0.2, -0.15) is 12.7 Å². The van der Waals surface area contributed by atoms with E-state index >= 15 is 0 Å². The average Bonchev–Trinajstić information content (AvgIpc) is 2.23. The zero-order chi connectivity index (χ0) is 18.0. The topological polar surface area (TPSA) is 84.9 Å². The second-order valence-corrected chi connectivity index (χ2v) is 13.9. The number of nitrogens with one attached hydrogen (secondary N) is 1. The molecule has 0 heterocycles. The van der Waals surface area contributed by atoms with Gasteiger partial charge in [-0.25, -0.2) is 4.79 Å². The lowest BCUT2D eigenvalue weighted by atomic mass is 10.2. The summed E-state index contributed by atoms with van der Waals surface area (Å²) in [5, 5.41) is -0.168. The summed E-state index contributed by atoms with van der Waals surface area (Å²) in [5.74, 6) is 0. The van der Waals surface area contributed by atoms with Crippen molar-refractivity contribution < 1.29 is 22.5 Å². The summed E-state index contributed by atoms with van der Waals surface area (Å²) in [6.07, 6.45) is -0.929. The Morgan fingerprint density at radius 3 is 1.91 bits per heavy atom. The lowest BCUT2D eigenvalue weighted by molar-refractivity contribution is 0.0387. The molecule has 22 heavy (non-hydrogen) atoms. The summed E-state index contributed by atoms with van der Waals surface area (Å²) in [4.78, 5) is 14.1. The Hall–Kier alpha value is -0.643. The first-order valence-corrected chi connectivity index (χ1v) is 11.6. The van der Waals surface area contributed by atoms with Crippen LogP contribution in [-0.4, -0.2) is 39.3 Å². The zero-order valence-electron chi connectivity index (χ0n) is 15.1. The lowest BCUT2D eigenvalue weighted by Gasteiger charge is -2.35. The highest BCUT2D eigenvalue weighted by Crippen LogP contribution is 2.36. The lowest BCUT2D eigenvalue weighted by Crippen LogP contribution is -2.52. The average molecular weight is 355 g/mol. The highest BCUT2D eigenvalue weighted by atomic mass is 32.2. The van der Waals surface area contributed by atoms with Gasteiger partial charge in [-0.05, 0) is 45.8 Å². The maximum Gasteiger partial charge on any atom is 0.425 e. The number of rotatable bonds is 5. The smallest absolute Gasteiger partial charge is 0.425 e. The van der Waals surface area contributed by atoms with Crippen LogP contribution in [0, 0.1) is 0 Å². The van der Waals surface area contributed by atoms with Gasteiger partial charge in [0.2, 0.25) is 8.32 Å². The van der Waals surface area contributed by atoms with E-state index in [1.165, 1.54) is 0 Å². The zero-order valence-corrected chi connectivity index (χ0v) is 16.9. The van der Waals surface area contributed by atoms with Crippen LogP contribution in [0.5, 0.6) is 0 Å². The number of hydrogen-bond acceptors (Lipinski definition) is 5. The van der Waals surface area contributed by atoms with Crippen LogP contribution < -0.4 is 4.89 Å². The molecular weight excluding hydrogens is 324 g/mol. The van der Waals surface area contributed by atoms with Crippen molar-refractivity contribution in [1.82, 2.24) is 9.19 Å². The molecule has 0 saturated carbocycles. The summed E-state index contributed by atoms with van der Waals surface area (Å²) in [7, 11) is -6.44. The molecule has 0 radical (unpaired) electrons. The van der Waals surface area contributed by atoms with Gasteiger partial charge in [0.15, 0.2) is 0 Å². The van der Waals surface area contributed by atoms with Crippen molar-refractivity contribution in [2.75, 3.05) is 6.54 Å². The van der Waals surface area contributed by atoms with Crippen LogP contribution in [-0.2, 0) is 19.5 Å². The molecule has 0 aliphatic heterocycles. The van der Waals surface area contributed by atoms with Crippen LogP contribution in [0.3, 0.4) is 0 Å². The second-order valence-electron chi connectivity index (χ2n) is 7.60. The molecule has 1 amide bonds. The van der Waals surface area contributed by atoms with Crippen LogP contribution >= 0.6 is 0 Å². The molecule has 132 valence electrons. The highest BCUT2D eigenvalue weighted by molar-refractivity contribution is 7.87. The molecule has 0 aromatic carbocycles. The summed E-state index contributed by atoms with van der Waals surface area (Å²) < 4.78 is 35.7. The van der Waals surface area contributed by atoms with Crippen LogP contribution in [0.4, 0.5) is 4.79 Å². The molecule has 7 nitrogen and oxygen atoms in total. The van der Waals surface area contributed by atoms with Gasteiger partial charge < -0.3 is 9.26 Å². The predicted molar refractivity (Wildman–Crippen MR) is 89.0 cm³/mol. The first-order chi connectivity index (χ1) is 9.53. The highest BCUT2D eigenvalue weighted by Gasteiger charge is 2.40. The van der Waals surface area contributed by atoms with Gasteiger partial charge in [-0.15, -0.1) is 0 Å². The van der Waals surface area contributed by atoms with Crippen molar-refractivity contribution in [1.29, 1.82) is 0 Å². The van der Waals surface area contributed by atoms with Gasteiger partial charge in [0.1, 0.15) is 5.60 Å². The standard InChI is InChI=1S/C13H30N2O5SSi/c1-10-15(11(16)19-12(2,3)4)21(17,18)14-20-22(8,9)13(5,6)7/h14H,10H2,1-9H3. The Bertz CT molecular complexity index is 492. The van der Waals surface area contributed by atoms with Gasteiger partial charge in [0, 0.05) is 6.54 Å². The molecular formula is C13H30N2O5SSi. The van der Waals surface area contributed by atoms with Crippen molar-refractivity contribution in [3.8, 4) is 0 Å². The summed E-state index contributed by atoms with van der Waals surface area (Å²) in [6, 6.07) is 0. The number of amides is 1. The Morgan fingerprint density at radius 2 is 1.59 bits per heavy atom.